The molecule has 2 N–H and O–H groups in total. The lowest BCUT2D eigenvalue weighted by Gasteiger charge is -2.49. The van der Waals surface area contributed by atoms with E-state index in [4.69, 9.17) is 11.6 Å². The standard InChI is InChI=1S/C56H35N.C38H23Cl.C18H14BNO2.CH4/c1-7-23-45-39(16-1)40-17-2-8-24-46(40)55(45)49-27-11-12-28-50(49)56(47-25-9-3-18-41(47)42-19-4-10-26-48(42)56)54-38(22-15-29-51(54)55)36-32-34-37(35-33-36)57-52-30-13-5-20-43(52)44-21-6-14-31-53(44)57;39-35-23-11-22-34-36(35)38(30-18-7-3-14-26(30)27-15-4-8-19-31(27)38)33-21-10-9-20-32(33)37(34)28-16-5-1-12-24(28)25-13-2-6-17-29(25)37;21-19(22)13-9-11-14(12-10-13)20-17-7-3-1-5-15(17)16-6-2-4-8-18(16)20;/h1-35H;1-23H;1-12,21-22H;1H4. The Bertz CT molecular complexity index is 7300. The van der Waals surface area contributed by atoms with Gasteiger partial charge >= 0.3 is 7.12 Å². The molecule has 4 spiro atoms. The van der Waals surface area contributed by atoms with E-state index < -0.39 is 28.8 Å². The minimum Gasteiger partial charge on any atom is -0.423 e. The van der Waals surface area contributed by atoms with Crippen molar-refractivity contribution in [3.63, 3.8) is 0 Å². The molecular formula is C113H76BClN2O2. The average molecular weight is 1540 g/mol. The van der Waals surface area contributed by atoms with Gasteiger partial charge in [0.1, 0.15) is 0 Å². The van der Waals surface area contributed by atoms with E-state index in [1.165, 1.54) is 177 Å². The molecule has 0 saturated heterocycles. The Labute approximate surface area is 696 Å². The van der Waals surface area contributed by atoms with Crippen LogP contribution < -0.4 is 5.46 Å². The second-order valence-corrected chi connectivity index (χ2v) is 32.5. The number of benzene rings is 18. The Hall–Kier alpha value is -14.2. The van der Waals surface area contributed by atoms with Crippen molar-refractivity contribution in [2.45, 2.75) is 29.1 Å². The third-order valence-corrected chi connectivity index (χ3v) is 27.3. The van der Waals surface area contributed by atoms with Crippen LogP contribution in [0.2, 0.25) is 5.02 Å². The maximum absolute atomic E-state index is 9.24. The number of hydrogen-bond acceptors (Lipinski definition) is 2. The molecule has 0 unspecified atom stereocenters. The Kier molecular flexibility index (Phi) is 15.8. The molecule has 20 aromatic rings. The third-order valence-electron chi connectivity index (χ3n) is 27.0. The molecule has 2 heterocycles. The zero-order valence-electron chi connectivity index (χ0n) is 64.2. The Balaban J connectivity index is 0.000000115. The molecule has 0 atom stereocenters. The maximum atomic E-state index is 9.24. The molecule has 0 amide bonds. The van der Waals surface area contributed by atoms with Crippen LogP contribution in [0, 0.1) is 0 Å². The normalized spacial score (nSPS) is 14.2. The minimum atomic E-state index is -1.44. The first-order chi connectivity index (χ1) is 58.3. The largest absolute Gasteiger partial charge is 0.488 e. The lowest BCUT2D eigenvalue weighted by atomic mass is 9.51. The van der Waals surface area contributed by atoms with Crippen molar-refractivity contribution < 1.29 is 10.0 Å². The van der Waals surface area contributed by atoms with E-state index in [0.29, 0.717) is 5.46 Å². The van der Waals surface area contributed by atoms with Gasteiger partial charge in [-0.3, -0.25) is 0 Å². The van der Waals surface area contributed by atoms with Crippen LogP contribution in [-0.2, 0) is 21.7 Å². The van der Waals surface area contributed by atoms with Crippen molar-refractivity contribution in [3.05, 3.63) is 519 Å². The molecule has 6 aliphatic carbocycles. The van der Waals surface area contributed by atoms with Gasteiger partial charge in [0.15, 0.2) is 0 Å². The van der Waals surface area contributed by atoms with Crippen molar-refractivity contribution in [1.29, 1.82) is 0 Å². The van der Waals surface area contributed by atoms with E-state index in [1.54, 1.807) is 12.1 Å². The number of fused-ring (bicyclic) bond motifs is 38. The highest BCUT2D eigenvalue weighted by Gasteiger charge is 2.62. The van der Waals surface area contributed by atoms with Gasteiger partial charge in [0.25, 0.3) is 0 Å². The van der Waals surface area contributed by atoms with Gasteiger partial charge in [-0.2, -0.15) is 0 Å². The van der Waals surface area contributed by atoms with Crippen LogP contribution in [-0.4, -0.2) is 26.3 Å². The molecule has 2 aromatic heterocycles. The van der Waals surface area contributed by atoms with Crippen LogP contribution >= 0.6 is 11.6 Å². The summed E-state index contributed by atoms with van der Waals surface area (Å²) >= 11 is 7.43. The molecule has 6 heteroatoms. The van der Waals surface area contributed by atoms with E-state index in [2.05, 4.69) is 385 Å². The molecule has 119 heavy (non-hydrogen) atoms. The average Bonchev–Trinajstić information content (AvgIpc) is 1.52. The molecule has 0 fully saturated rings. The molecule has 0 saturated carbocycles. The molecule has 0 bridgehead atoms. The van der Waals surface area contributed by atoms with Crippen molar-refractivity contribution >= 4 is 67.8 Å². The second-order valence-electron chi connectivity index (χ2n) is 32.1. The molecule has 560 valence electrons. The monoisotopic (exact) mass is 1540 g/mol. The summed E-state index contributed by atoms with van der Waals surface area (Å²) in [6, 6.07) is 155. The number of rotatable bonds is 4. The fourth-order valence-corrected chi connectivity index (χ4v) is 23.1. The lowest BCUT2D eigenvalue weighted by Crippen LogP contribution is -2.44. The fourth-order valence-electron chi connectivity index (χ4n) is 22.8. The number of nitrogens with zero attached hydrogens (tertiary/aromatic N) is 2. The Morgan fingerprint density at radius 1 is 0.202 bits per heavy atom. The van der Waals surface area contributed by atoms with E-state index in [1.807, 2.05) is 36.4 Å². The van der Waals surface area contributed by atoms with Crippen molar-refractivity contribution in [3.8, 4) is 67.0 Å². The molecule has 26 rings (SSSR count). The van der Waals surface area contributed by atoms with Gasteiger partial charge in [0.05, 0.1) is 43.7 Å². The van der Waals surface area contributed by atoms with Gasteiger partial charge in [-0.1, -0.05) is 389 Å². The molecule has 6 aliphatic rings. The van der Waals surface area contributed by atoms with E-state index >= 15 is 0 Å². The first-order valence-corrected chi connectivity index (χ1v) is 41.2. The fraction of sp³-hybridized carbons (Fsp3) is 0.0442. The van der Waals surface area contributed by atoms with E-state index in [9.17, 15) is 10.0 Å². The van der Waals surface area contributed by atoms with Crippen molar-refractivity contribution in [2.24, 2.45) is 0 Å². The predicted molar refractivity (Wildman–Crippen MR) is 491 cm³/mol. The smallest absolute Gasteiger partial charge is 0.423 e. The first kappa shape index (κ1) is 70.3. The van der Waals surface area contributed by atoms with Gasteiger partial charge in [0.2, 0.25) is 0 Å². The summed E-state index contributed by atoms with van der Waals surface area (Å²) in [5.41, 5.74) is 39.6. The topological polar surface area (TPSA) is 50.3 Å². The minimum absolute atomic E-state index is 0. The summed E-state index contributed by atoms with van der Waals surface area (Å²) in [6.07, 6.45) is 0. The molecule has 0 radical (unpaired) electrons. The van der Waals surface area contributed by atoms with Crippen LogP contribution in [0.3, 0.4) is 0 Å². The van der Waals surface area contributed by atoms with Gasteiger partial charge in [-0.25, -0.2) is 0 Å². The van der Waals surface area contributed by atoms with Gasteiger partial charge in [-0.15, -0.1) is 0 Å². The Morgan fingerprint density at radius 3 is 0.748 bits per heavy atom. The van der Waals surface area contributed by atoms with Gasteiger partial charge < -0.3 is 19.2 Å². The summed E-state index contributed by atoms with van der Waals surface area (Å²) in [5, 5.41) is 24.3. The SMILES string of the molecule is C.Clc1cccc2c1C1(c3ccccc3-c3ccccc31)c1ccccc1C21c2ccccc2-c2ccccc21.OB(O)c1ccc(-n2c3ccccc3c3ccccc32)cc1.c1ccc2c(c1)-c1ccccc1C21c2ccccc2C2(c3ccccc3-c3ccccc32)c2c(-c3ccc(-n4c5ccccc5c5ccccc54)cc3)cccc21. The molecule has 0 aliphatic heterocycles. The molecule has 18 aromatic carbocycles. The maximum Gasteiger partial charge on any atom is 0.488 e. The second kappa shape index (κ2) is 26.7. The van der Waals surface area contributed by atoms with Crippen LogP contribution in [0.15, 0.2) is 425 Å². The summed E-state index contributed by atoms with van der Waals surface area (Å²) in [5.74, 6) is 0. The highest BCUT2D eigenvalue weighted by Crippen LogP contribution is 2.71. The van der Waals surface area contributed by atoms with Crippen molar-refractivity contribution in [1.82, 2.24) is 9.13 Å². The summed E-state index contributed by atoms with van der Waals surface area (Å²) in [6.45, 7) is 0. The van der Waals surface area contributed by atoms with Gasteiger partial charge in [0, 0.05) is 37.9 Å². The summed E-state index contributed by atoms with van der Waals surface area (Å²) < 4.78 is 4.61. The number of halogens is 1. The lowest BCUT2D eigenvalue weighted by molar-refractivity contribution is 0.426. The van der Waals surface area contributed by atoms with Crippen LogP contribution in [0.5, 0.6) is 0 Å². The Morgan fingerprint density at radius 2 is 0.429 bits per heavy atom. The zero-order valence-corrected chi connectivity index (χ0v) is 64.9. The van der Waals surface area contributed by atoms with Crippen LogP contribution in [0.25, 0.3) is 111 Å². The van der Waals surface area contributed by atoms with Gasteiger partial charge in [-0.05, 0) is 205 Å². The zero-order chi connectivity index (χ0) is 78.2. The number of aromatic nitrogens is 2. The van der Waals surface area contributed by atoms with E-state index in [-0.39, 0.29) is 7.43 Å². The highest BCUT2D eigenvalue weighted by atomic mass is 35.5. The van der Waals surface area contributed by atoms with Crippen LogP contribution in [0.4, 0.5) is 0 Å². The first-order valence-electron chi connectivity index (χ1n) is 40.8. The number of hydrogen-bond donors (Lipinski definition) is 2. The predicted octanol–water partition coefficient (Wildman–Crippen LogP) is 26.0. The highest BCUT2D eigenvalue weighted by molar-refractivity contribution is 6.58. The van der Waals surface area contributed by atoms with Crippen molar-refractivity contribution in [2.75, 3.05) is 0 Å². The van der Waals surface area contributed by atoms with E-state index in [0.717, 1.165) is 27.4 Å². The number of para-hydroxylation sites is 4. The molecular weight excluding hydrogens is 1460 g/mol. The third kappa shape index (κ3) is 9.32. The summed E-state index contributed by atoms with van der Waals surface area (Å²) in [4.78, 5) is 0. The quantitative estimate of drug-likeness (QED) is 0.173. The van der Waals surface area contributed by atoms with Crippen LogP contribution in [0.1, 0.15) is 96.4 Å². The molecule has 4 nitrogen and oxygen atoms in total. The summed E-state index contributed by atoms with van der Waals surface area (Å²) in [7, 11) is -1.44.